The minimum absolute atomic E-state index is 0.0305. The highest BCUT2D eigenvalue weighted by Crippen LogP contribution is 2.27. The van der Waals surface area contributed by atoms with E-state index in [0.29, 0.717) is 5.69 Å². The number of amides is 2. The number of hydrogen-bond donors (Lipinski definition) is 2. The molecule has 2 heterocycles. The number of anilines is 2. The Bertz CT molecular complexity index is 759. The Labute approximate surface area is 133 Å². The van der Waals surface area contributed by atoms with Crippen LogP contribution in [0.2, 0.25) is 0 Å². The van der Waals surface area contributed by atoms with E-state index in [1.165, 1.54) is 4.90 Å². The Morgan fingerprint density at radius 2 is 2.00 bits per heavy atom. The van der Waals surface area contributed by atoms with E-state index in [4.69, 9.17) is 0 Å². The molecule has 1 unspecified atom stereocenters. The van der Waals surface area contributed by atoms with Gasteiger partial charge in [-0.15, -0.1) is 5.10 Å². The minimum Gasteiger partial charge on any atom is -0.312 e. The van der Waals surface area contributed by atoms with Crippen molar-refractivity contribution in [1.29, 1.82) is 0 Å². The lowest BCUT2D eigenvalue weighted by atomic mass is 10.1. The van der Waals surface area contributed by atoms with E-state index < -0.39 is 29.8 Å². The lowest BCUT2D eigenvalue weighted by molar-refractivity contribution is -0.144. The number of halogens is 3. The van der Waals surface area contributed by atoms with Crippen molar-refractivity contribution >= 4 is 23.5 Å². The van der Waals surface area contributed by atoms with Crippen molar-refractivity contribution in [3.8, 4) is 0 Å². The summed E-state index contributed by atoms with van der Waals surface area (Å²) in [4.78, 5) is 28.8. The first-order valence-electron chi connectivity index (χ1n) is 7.00. The Kier molecular flexibility index (Phi) is 3.96. The van der Waals surface area contributed by atoms with Gasteiger partial charge in [-0.3, -0.25) is 20.0 Å². The molecule has 0 aliphatic carbocycles. The van der Waals surface area contributed by atoms with Crippen molar-refractivity contribution in [2.75, 3.05) is 16.8 Å². The van der Waals surface area contributed by atoms with Crippen LogP contribution in [0.4, 0.5) is 24.8 Å². The summed E-state index contributed by atoms with van der Waals surface area (Å²) in [6.07, 6.45) is -4.71. The van der Waals surface area contributed by atoms with Crippen LogP contribution in [-0.2, 0) is 15.8 Å². The second-order valence-corrected chi connectivity index (χ2v) is 5.24. The molecule has 2 amide bonds. The lowest BCUT2D eigenvalue weighted by Gasteiger charge is -2.16. The zero-order valence-electron chi connectivity index (χ0n) is 12.2. The number of hydrogen-bond acceptors (Lipinski definition) is 4. The van der Waals surface area contributed by atoms with Crippen molar-refractivity contribution in [2.45, 2.75) is 12.6 Å². The molecule has 1 atom stereocenters. The summed E-state index contributed by atoms with van der Waals surface area (Å²) in [6, 6.07) is 8.81. The summed E-state index contributed by atoms with van der Waals surface area (Å²) in [5, 5.41) is 7.21. The second-order valence-electron chi connectivity index (χ2n) is 5.24. The van der Waals surface area contributed by atoms with Crippen LogP contribution in [0.5, 0.6) is 0 Å². The molecular formula is C14H12F3N5O2. The maximum absolute atomic E-state index is 12.4. The minimum atomic E-state index is -4.68. The maximum Gasteiger partial charge on any atom is 0.451 e. The van der Waals surface area contributed by atoms with Gasteiger partial charge in [0.2, 0.25) is 23.6 Å². The van der Waals surface area contributed by atoms with Crippen LogP contribution in [-0.4, -0.2) is 33.5 Å². The van der Waals surface area contributed by atoms with E-state index in [-0.39, 0.29) is 18.9 Å². The summed E-state index contributed by atoms with van der Waals surface area (Å²) in [5.74, 6) is -3.29. The maximum atomic E-state index is 12.4. The summed E-state index contributed by atoms with van der Waals surface area (Å²) < 4.78 is 37.3. The first-order chi connectivity index (χ1) is 11.3. The van der Waals surface area contributed by atoms with Gasteiger partial charge in [-0.1, -0.05) is 18.2 Å². The molecule has 0 radical (unpaired) electrons. The number of alkyl halides is 3. The Hall–Kier alpha value is -2.91. The number of nitrogens with zero attached hydrogens (tertiary/aromatic N) is 3. The molecule has 3 rings (SSSR count). The number of benzene rings is 1. The zero-order valence-corrected chi connectivity index (χ0v) is 12.2. The van der Waals surface area contributed by atoms with Gasteiger partial charge in [-0.25, -0.2) is 0 Å². The number of para-hydroxylation sites is 1. The quantitative estimate of drug-likeness (QED) is 0.892. The van der Waals surface area contributed by atoms with Crippen molar-refractivity contribution in [3.63, 3.8) is 0 Å². The fourth-order valence-electron chi connectivity index (χ4n) is 2.40. The molecule has 7 nitrogen and oxygen atoms in total. The lowest BCUT2D eigenvalue weighted by Crippen LogP contribution is -2.28. The second kappa shape index (κ2) is 5.95. The molecular weight excluding hydrogens is 327 g/mol. The predicted octanol–water partition coefficient (Wildman–Crippen LogP) is 1.82. The molecule has 2 aromatic rings. The van der Waals surface area contributed by atoms with Crippen LogP contribution in [0, 0.1) is 5.92 Å². The van der Waals surface area contributed by atoms with E-state index in [0.717, 1.165) is 0 Å². The third-order valence-electron chi connectivity index (χ3n) is 3.55. The van der Waals surface area contributed by atoms with E-state index in [1.54, 1.807) is 35.4 Å². The molecule has 1 saturated heterocycles. The average molecular weight is 339 g/mol. The van der Waals surface area contributed by atoms with Crippen LogP contribution < -0.4 is 10.2 Å². The molecule has 10 heteroatoms. The summed E-state index contributed by atoms with van der Waals surface area (Å²) in [6.45, 7) is 0.144. The summed E-state index contributed by atoms with van der Waals surface area (Å²) in [5.41, 5.74) is 0.662. The van der Waals surface area contributed by atoms with E-state index >= 15 is 0 Å². The number of rotatable bonds is 3. The largest absolute Gasteiger partial charge is 0.451 e. The highest BCUT2D eigenvalue weighted by molar-refractivity contribution is 6.03. The summed E-state index contributed by atoms with van der Waals surface area (Å²) >= 11 is 0. The highest BCUT2D eigenvalue weighted by atomic mass is 19.4. The molecule has 0 bridgehead atoms. The first-order valence-corrected chi connectivity index (χ1v) is 7.00. The van der Waals surface area contributed by atoms with Gasteiger partial charge >= 0.3 is 6.18 Å². The van der Waals surface area contributed by atoms with Gasteiger partial charge in [-0.05, 0) is 12.1 Å². The number of H-pyrrole nitrogens is 1. The molecule has 126 valence electrons. The number of carbonyl (C=O) groups excluding carboxylic acids is 2. The van der Waals surface area contributed by atoms with E-state index in [2.05, 4.69) is 15.4 Å². The molecule has 24 heavy (non-hydrogen) atoms. The number of nitrogens with one attached hydrogen (secondary N) is 2. The molecule has 1 aliphatic rings. The summed E-state index contributed by atoms with van der Waals surface area (Å²) in [7, 11) is 0. The standard InChI is InChI=1S/C14H12F3N5O2/c15-14(16,17)12-19-13(21-20-12)18-11(24)8-6-10(23)22(7-8)9-4-2-1-3-5-9/h1-5,8H,6-7H2,(H2,18,19,20,21,24). The van der Waals surface area contributed by atoms with Crippen LogP contribution in [0.1, 0.15) is 12.2 Å². The predicted molar refractivity (Wildman–Crippen MR) is 76.9 cm³/mol. The van der Waals surface area contributed by atoms with Gasteiger partial charge in [0.05, 0.1) is 5.92 Å². The van der Waals surface area contributed by atoms with Crippen molar-refractivity contribution in [3.05, 3.63) is 36.2 Å². The fraction of sp³-hybridized carbons (Fsp3) is 0.286. The van der Waals surface area contributed by atoms with Crippen LogP contribution in [0.3, 0.4) is 0 Å². The molecule has 1 aromatic carbocycles. The topological polar surface area (TPSA) is 91.0 Å². The highest BCUT2D eigenvalue weighted by Gasteiger charge is 2.37. The van der Waals surface area contributed by atoms with Crippen LogP contribution in [0.15, 0.2) is 30.3 Å². The van der Waals surface area contributed by atoms with Gasteiger partial charge in [-0.2, -0.15) is 18.2 Å². The van der Waals surface area contributed by atoms with Gasteiger partial charge < -0.3 is 4.90 Å². The molecule has 1 fully saturated rings. The Morgan fingerprint density at radius 1 is 1.29 bits per heavy atom. The van der Waals surface area contributed by atoms with Crippen molar-refractivity contribution in [1.82, 2.24) is 15.2 Å². The van der Waals surface area contributed by atoms with E-state index in [9.17, 15) is 22.8 Å². The first kappa shape index (κ1) is 16.0. The fourth-order valence-corrected chi connectivity index (χ4v) is 2.40. The normalized spacial score (nSPS) is 18.0. The third kappa shape index (κ3) is 3.21. The number of aromatic nitrogens is 3. The van der Waals surface area contributed by atoms with Crippen LogP contribution >= 0.6 is 0 Å². The molecule has 1 aromatic heterocycles. The molecule has 1 aliphatic heterocycles. The zero-order chi connectivity index (χ0) is 17.3. The third-order valence-corrected chi connectivity index (χ3v) is 3.55. The van der Waals surface area contributed by atoms with Gasteiger partial charge in [0.1, 0.15) is 0 Å². The van der Waals surface area contributed by atoms with Gasteiger partial charge in [0.25, 0.3) is 0 Å². The molecule has 2 N–H and O–H groups in total. The number of aromatic amines is 1. The number of carbonyl (C=O) groups is 2. The van der Waals surface area contributed by atoms with E-state index in [1.807, 2.05) is 0 Å². The van der Waals surface area contributed by atoms with Crippen molar-refractivity contribution < 1.29 is 22.8 Å². The SMILES string of the molecule is O=C(Nc1n[nH]c(C(F)(F)F)n1)C1CC(=O)N(c2ccccc2)C1. The van der Waals surface area contributed by atoms with Gasteiger partial charge in [0.15, 0.2) is 0 Å². The molecule has 0 spiro atoms. The van der Waals surface area contributed by atoms with Gasteiger partial charge in [0, 0.05) is 18.7 Å². The average Bonchev–Trinajstić information content (AvgIpc) is 3.14. The Balaban J connectivity index is 1.66. The van der Waals surface area contributed by atoms with Crippen molar-refractivity contribution in [2.24, 2.45) is 5.92 Å². The monoisotopic (exact) mass is 339 g/mol. The Morgan fingerprint density at radius 3 is 2.62 bits per heavy atom. The van der Waals surface area contributed by atoms with Crippen LogP contribution in [0.25, 0.3) is 0 Å². The molecule has 0 saturated carbocycles. The smallest absolute Gasteiger partial charge is 0.312 e.